The van der Waals surface area contributed by atoms with Gasteiger partial charge < -0.3 is 15.2 Å². The Morgan fingerprint density at radius 2 is 2.07 bits per heavy atom. The van der Waals surface area contributed by atoms with Crippen LogP contribution in [0.1, 0.15) is 32.9 Å². The molecule has 0 radical (unpaired) electrons. The molecule has 28 heavy (non-hydrogen) atoms. The normalized spacial score (nSPS) is 13.1. The molecule has 0 spiro atoms. The fourth-order valence-electron chi connectivity index (χ4n) is 2.96. The van der Waals surface area contributed by atoms with E-state index in [-0.39, 0.29) is 11.4 Å². The summed E-state index contributed by atoms with van der Waals surface area (Å²) in [7, 11) is 1.19. The summed E-state index contributed by atoms with van der Waals surface area (Å²) in [6.45, 7) is 8.30. The van der Waals surface area contributed by atoms with E-state index in [1.807, 2.05) is 6.92 Å². The van der Waals surface area contributed by atoms with E-state index in [0.717, 1.165) is 6.42 Å². The van der Waals surface area contributed by atoms with Crippen molar-refractivity contribution in [1.82, 2.24) is 9.97 Å². The Labute approximate surface area is 164 Å². The van der Waals surface area contributed by atoms with Crippen molar-refractivity contribution in [2.75, 3.05) is 19.0 Å². The van der Waals surface area contributed by atoms with Crippen LogP contribution in [-0.4, -0.2) is 35.3 Å². The number of methoxy groups -OCH3 is 1. The maximum Gasteiger partial charge on any atom is 0.412 e. The third-order valence-corrected chi connectivity index (χ3v) is 4.04. The number of aryl methyl sites for hydroxylation is 1. The number of pyridine rings is 2. The van der Waals surface area contributed by atoms with E-state index in [1.54, 1.807) is 19.1 Å². The van der Waals surface area contributed by atoms with Gasteiger partial charge in [0.2, 0.25) is 0 Å². The maximum absolute atomic E-state index is 14.7. The number of nitrogens with one attached hydrogen (secondary N) is 1. The molecular formula is C20H27FN4O3. The van der Waals surface area contributed by atoms with Gasteiger partial charge in [-0.3, -0.25) is 5.32 Å². The first-order valence-electron chi connectivity index (χ1n) is 9.02. The summed E-state index contributed by atoms with van der Waals surface area (Å²) in [4.78, 5) is 19.6. The van der Waals surface area contributed by atoms with Crippen LogP contribution in [0.2, 0.25) is 0 Å². The van der Waals surface area contributed by atoms with E-state index >= 15 is 0 Å². The summed E-state index contributed by atoms with van der Waals surface area (Å²) >= 11 is 0. The molecule has 0 aliphatic heterocycles. The van der Waals surface area contributed by atoms with Crippen LogP contribution in [0.15, 0.2) is 24.4 Å². The van der Waals surface area contributed by atoms with Crippen LogP contribution < -0.4 is 15.8 Å². The number of ether oxygens (including phenoxy) is 2. The third-order valence-electron chi connectivity index (χ3n) is 4.04. The molecule has 0 aromatic carbocycles. The van der Waals surface area contributed by atoms with Crippen LogP contribution in [0, 0.1) is 18.7 Å². The van der Waals surface area contributed by atoms with Crippen LogP contribution in [0.5, 0.6) is 5.75 Å². The van der Waals surface area contributed by atoms with Crippen LogP contribution in [0.4, 0.5) is 15.0 Å². The van der Waals surface area contributed by atoms with Gasteiger partial charge in [-0.05, 0) is 44.4 Å². The van der Waals surface area contributed by atoms with Gasteiger partial charge in [0.05, 0.1) is 18.5 Å². The van der Waals surface area contributed by atoms with Crippen molar-refractivity contribution in [2.24, 2.45) is 11.7 Å². The molecule has 1 unspecified atom stereocenters. The number of anilines is 1. The van der Waals surface area contributed by atoms with Gasteiger partial charge in [-0.1, -0.05) is 13.8 Å². The first-order valence-corrected chi connectivity index (χ1v) is 9.02. The Balaban J connectivity index is 2.20. The molecule has 0 saturated carbocycles. The summed E-state index contributed by atoms with van der Waals surface area (Å²) < 4.78 is 25.0. The fraction of sp³-hybridized carbons (Fsp3) is 0.450. The van der Waals surface area contributed by atoms with Gasteiger partial charge in [0, 0.05) is 17.3 Å². The molecule has 3 N–H and O–H groups in total. The van der Waals surface area contributed by atoms with Crippen molar-refractivity contribution < 1.29 is 18.7 Å². The van der Waals surface area contributed by atoms with Crippen molar-refractivity contribution >= 4 is 11.9 Å². The lowest BCUT2D eigenvalue weighted by atomic mass is 9.93. The second-order valence-electron chi connectivity index (χ2n) is 7.46. The van der Waals surface area contributed by atoms with Gasteiger partial charge in [0.25, 0.3) is 0 Å². The first kappa shape index (κ1) is 21.6. The number of hydrogen-bond donors (Lipinski definition) is 2. The Morgan fingerprint density at radius 1 is 1.36 bits per heavy atom. The smallest absolute Gasteiger partial charge is 0.412 e. The number of halogens is 1. The molecule has 2 heterocycles. The molecule has 2 aromatic heterocycles. The lowest BCUT2D eigenvalue weighted by molar-refractivity contribution is 0.186. The fourth-order valence-corrected chi connectivity index (χ4v) is 2.96. The van der Waals surface area contributed by atoms with E-state index in [2.05, 4.69) is 33.9 Å². The maximum atomic E-state index is 14.7. The van der Waals surface area contributed by atoms with Crippen molar-refractivity contribution in [3.63, 3.8) is 0 Å². The Hall–Kier alpha value is -2.74. The molecule has 2 aromatic rings. The third kappa shape index (κ3) is 5.63. The summed E-state index contributed by atoms with van der Waals surface area (Å²) in [5.41, 5.74) is 7.04. The average Bonchev–Trinajstić information content (AvgIpc) is 2.61. The highest BCUT2D eigenvalue weighted by Crippen LogP contribution is 2.28. The highest BCUT2D eigenvalue weighted by atomic mass is 19.1. The molecule has 7 nitrogen and oxygen atoms in total. The van der Waals surface area contributed by atoms with Gasteiger partial charge in [-0.15, -0.1) is 0 Å². The van der Waals surface area contributed by atoms with E-state index in [9.17, 15) is 9.18 Å². The zero-order valence-corrected chi connectivity index (χ0v) is 16.9. The van der Waals surface area contributed by atoms with Gasteiger partial charge in [-0.2, -0.15) is 0 Å². The van der Waals surface area contributed by atoms with Crippen LogP contribution >= 0.6 is 0 Å². The van der Waals surface area contributed by atoms with Gasteiger partial charge >= 0.3 is 6.09 Å². The Bertz CT molecular complexity index is 840. The molecule has 0 fully saturated rings. The summed E-state index contributed by atoms with van der Waals surface area (Å²) in [5, 5.41) is 2.23. The zero-order chi connectivity index (χ0) is 20.9. The summed E-state index contributed by atoms with van der Waals surface area (Å²) in [6.07, 6.45) is 1.41. The number of rotatable bonds is 7. The van der Waals surface area contributed by atoms with Gasteiger partial charge in [0.1, 0.15) is 12.4 Å². The minimum atomic E-state index is -0.803. The minimum absolute atomic E-state index is 0.208. The minimum Gasteiger partial charge on any atom is -0.490 e. The highest BCUT2D eigenvalue weighted by Gasteiger charge is 2.22. The number of nitrogens with two attached hydrogens (primary N) is 1. The average molecular weight is 390 g/mol. The van der Waals surface area contributed by atoms with Crippen LogP contribution in [0.25, 0.3) is 11.3 Å². The van der Waals surface area contributed by atoms with Gasteiger partial charge in [0.15, 0.2) is 11.6 Å². The van der Waals surface area contributed by atoms with E-state index in [4.69, 9.17) is 10.5 Å². The topological polar surface area (TPSA) is 99.4 Å². The van der Waals surface area contributed by atoms with E-state index in [1.165, 1.54) is 19.4 Å². The molecule has 152 valence electrons. The summed E-state index contributed by atoms with van der Waals surface area (Å²) in [5.74, 6) is 0.130. The number of hydrogen-bond acceptors (Lipinski definition) is 6. The standard InChI is InChI=1S/C20H27FN4O3/c1-12(2)10-20(4,22)11-28-16-7-6-15(24-13(16)3)14-8-9-23-18(17(14)21)25-19(26)27-5/h6-9,12H,10-11,22H2,1-5H3,(H,23,25,26). The van der Waals surface area contributed by atoms with E-state index < -0.39 is 17.4 Å². The quantitative estimate of drug-likeness (QED) is 0.743. The second kappa shape index (κ2) is 8.97. The van der Waals surface area contributed by atoms with Crippen molar-refractivity contribution in [2.45, 2.75) is 39.7 Å². The molecule has 2 rings (SSSR count). The van der Waals surface area contributed by atoms with Crippen molar-refractivity contribution in [1.29, 1.82) is 0 Å². The zero-order valence-electron chi connectivity index (χ0n) is 16.9. The lowest BCUT2D eigenvalue weighted by Crippen LogP contribution is -2.43. The second-order valence-corrected chi connectivity index (χ2v) is 7.46. The number of carbonyl (C=O) groups excluding carboxylic acids is 1. The van der Waals surface area contributed by atoms with Crippen molar-refractivity contribution in [3.05, 3.63) is 35.9 Å². The van der Waals surface area contributed by atoms with Crippen LogP contribution in [0.3, 0.4) is 0 Å². The Morgan fingerprint density at radius 3 is 2.68 bits per heavy atom. The predicted octanol–water partition coefficient (Wildman–Crippen LogP) is 3.91. The molecule has 0 bridgehead atoms. The molecular weight excluding hydrogens is 363 g/mol. The predicted molar refractivity (Wildman–Crippen MR) is 106 cm³/mol. The van der Waals surface area contributed by atoms with Crippen molar-refractivity contribution in [3.8, 4) is 17.0 Å². The summed E-state index contributed by atoms with van der Waals surface area (Å²) in [6, 6.07) is 4.87. The van der Waals surface area contributed by atoms with Crippen LogP contribution in [-0.2, 0) is 4.74 Å². The molecule has 8 heteroatoms. The highest BCUT2D eigenvalue weighted by molar-refractivity contribution is 5.84. The number of aromatic nitrogens is 2. The monoisotopic (exact) mass is 390 g/mol. The molecule has 0 aliphatic carbocycles. The largest absolute Gasteiger partial charge is 0.490 e. The van der Waals surface area contributed by atoms with Gasteiger partial charge in [-0.25, -0.2) is 19.2 Å². The number of nitrogens with zero attached hydrogens (tertiary/aromatic N) is 2. The molecule has 0 saturated heterocycles. The molecule has 1 atom stereocenters. The molecule has 1 amide bonds. The lowest BCUT2D eigenvalue weighted by Gasteiger charge is -2.27. The molecule has 0 aliphatic rings. The first-order chi connectivity index (χ1) is 13.1. The number of carbonyl (C=O) groups is 1. The van der Waals surface area contributed by atoms with E-state index in [0.29, 0.717) is 29.7 Å². The Kier molecular flexibility index (Phi) is 6.90. The SMILES string of the molecule is COC(=O)Nc1nccc(-c2ccc(OCC(C)(N)CC(C)C)c(C)n2)c1F. The number of amides is 1.